The minimum absolute atomic E-state index is 0.0133. The lowest BCUT2D eigenvalue weighted by Gasteiger charge is -2.29. The Labute approximate surface area is 153 Å². The average molecular weight is 358 g/mol. The zero-order valence-corrected chi connectivity index (χ0v) is 15.4. The van der Waals surface area contributed by atoms with Gasteiger partial charge in [-0.15, -0.1) is 5.06 Å². The zero-order chi connectivity index (χ0) is 21.8. The molecule has 0 aromatic carbocycles. The SMILES string of the molecule is [2H]C([2H])([2H])N(C)C(C(=O)NC(CC(C)C)C(=O)ON1C(=O)CCC1=O)C(C)C. The highest BCUT2D eigenvalue weighted by atomic mass is 16.7. The summed E-state index contributed by atoms with van der Waals surface area (Å²) < 4.78 is 22.6. The molecule has 2 atom stereocenters. The van der Waals surface area contributed by atoms with Crippen LogP contribution in [0.3, 0.4) is 0 Å². The minimum atomic E-state index is -2.49. The Balaban J connectivity index is 2.97. The predicted molar refractivity (Wildman–Crippen MR) is 90.9 cm³/mol. The second-order valence-electron chi connectivity index (χ2n) is 6.98. The monoisotopic (exact) mass is 358 g/mol. The first-order valence-electron chi connectivity index (χ1n) is 9.86. The Morgan fingerprint density at radius 3 is 2.24 bits per heavy atom. The maximum atomic E-state index is 12.8. The van der Waals surface area contributed by atoms with Crippen molar-refractivity contribution in [3.63, 3.8) is 0 Å². The van der Waals surface area contributed by atoms with E-state index in [-0.39, 0.29) is 31.1 Å². The largest absolute Gasteiger partial charge is 0.355 e. The molecule has 1 aliphatic heterocycles. The van der Waals surface area contributed by atoms with E-state index in [0.717, 1.165) is 4.90 Å². The van der Waals surface area contributed by atoms with E-state index < -0.39 is 42.8 Å². The van der Waals surface area contributed by atoms with Gasteiger partial charge in [0, 0.05) is 17.0 Å². The predicted octanol–water partition coefficient (Wildman–Crippen LogP) is 0.711. The number of hydrogen-bond donors (Lipinski definition) is 1. The molecular formula is C17H29N3O5. The third kappa shape index (κ3) is 5.81. The smallest absolute Gasteiger partial charge is 0.341 e. The fourth-order valence-corrected chi connectivity index (χ4v) is 2.68. The highest BCUT2D eigenvalue weighted by molar-refractivity contribution is 6.02. The summed E-state index contributed by atoms with van der Waals surface area (Å²) in [5.74, 6) is -3.17. The molecule has 0 saturated carbocycles. The van der Waals surface area contributed by atoms with Crippen LogP contribution in [0, 0.1) is 11.8 Å². The number of hydrogen-bond acceptors (Lipinski definition) is 6. The Morgan fingerprint density at radius 1 is 1.24 bits per heavy atom. The fourth-order valence-electron chi connectivity index (χ4n) is 2.68. The van der Waals surface area contributed by atoms with Gasteiger partial charge in [-0.05, 0) is 32.3 Å². The molecule has 0 bridgehead atoms. The normalized spacial score (nSPS) is 19.7. The van der Waals surface area contributed by atoms with Crippen molar-refractivity contribution in [3.8, 4) is 0 Å². The maximum absolute atomic E-state index is 12.8. The highest BCUT2D eigenvalue weighted by Crippen LogP contribution is 2.15. The minimum Gasteiger partial charge on any atom is -0.341 e. The third-order valence-corrected chi connectivity index (χ3v) is 3.81. The molecule has 1 fully saturated rings. The Bertz CT molecular complexity index is 606. The first-order chi connectivity index (χ1) is 12.8. The van der Waals surface area contributed by atoms with E-state index in [0.29, 0.717) is 5.06 Å². The molecule has 1 heterocycles. The molecule has 8 heteroatoms. The van der Waals surface area contributed by atoms with Gasteiger partial charge in [0.1, 0.15) is 6.04 Å². The molecule has 142 valence electrons. The van der Waals surface area contributed by atoms with Crippen LogP contribution in [0.25, 0.3) is 0 Å². The van der Waals surface area contributed by atoms with Crippen LogP contribution in [-0.2, 0) is 24.0 Å². The summed E-state index contributed by atoms with van der Waals surface area (Å²) in [7, 11) is 1.31. The number of imide groups is 1. The first-order valence-corrected chi connectivity index (χ1v) is 8.36. The van der Waals surface area contributed by atoms with Crippen LogP contribution < -0.4 is 5.32 Å². The van der Waals surface area contributed by atoms with E-state index in [1.54, 1.807) is 13.8 Å². The van der Waals surface area contributed by atoms with Gasteiger partial charge in [-0.1, -0.05) is 27.7 Å². The van der Waals surface area contributed by atoms with Gasteiger partial charge in [-0.3, -0.25) is 19.3 Å². The number of hydroxylamine groups is 2. The number of carbonyl (C=O) groups is 4. The van der Waals surface area contributed by atoms with Crippen molar-refractivity contribution in [2.75, 3.05) is 14.0 Å². The van der Waals surface area contributed by atoms with E-state index in [1.807, 2.05) is 13.8 Å². The Hall–Kier alpha value is -1.96. The van der Waals surface area contributed by atoms with Crippen molar-refractivity contribution in [2.24, 2.45) is 11.8 Å². The highest BCUT2D eigenvalue weighted by Gasteiger charge is 2.36. The van der Waals surface area contributed by atoms with Gasteiger partial charge in [0.2, 0.25) is 5.91 Å². The van der Waals surface area contributed by atoms with Crippen molar-refractivity contribution >= 4 is 23.7 Å². The summed E-state index contributed by atoms with van der Waals surface area (Å²) in [5.41, 5.74) is 0. The number of amides is 3. The topological polar surface area (TPSA) is 96.0 Å². The van der Waals surface area contributed by atoms with Gasteiger partial charge >= 0.3 is 5.97 Å². The van der Waals surface area contributed by atoms with E-state index in [1.165, 1.54) is 7.05 Å². The molecule has 1 saturated heterocycles. The van der Waals surface area contributed by atoms with Crippen molar-refractivity contribution in [3.05, 3.63) is 0 Å². The fraction of sp³-hybridized carbons (Fsp3) is 0.765. The number of likely N-dealkylation sites (N-methyl/N-ethyl adjacent to an activating group) is 1. The lowest BCUT2D eigenvalue weighted by atomic mass is 10.00. The van der Waals surface area contributed by atoms with E-state index in [4.69, 9.17) is 8.95 Å². The molecule has 8 nitrogen and oxygen atoms in total. The second-order valence-corrected chi connectivity index (χ2v) is 6.98. The van der Waals surface area contributed by atoms with Crippen LogP contribution in [0.4, 0.5) is 0 Å². The van der Waals surface area contributed by atoms with Crippen LogP contribution in [-0.4, -0.2) is 59.8 Å². The van der Waals surface area contributed by atoms with Crippen molar-refractivity contribution in [2.45, 2.75) is 59.0 Å². The molecule has 0 aliphatic carbocycles. The van der Waals surface area contributed by atoms with Crippen molar-refractivity contribution < 1.29 is 28.1 Å². The van der Waals surface area contributed by atoms with Crippen molar-refractivity contribution in [1.82, 2.24) is 15.3 Å². The summed E-state index contributed by atoms with van der Waals surface area (Å²) in [6, 6.07) is -2.13. The summed E-state index contributed by atoms with van der Waals surface area (Å²) >= 11 is 0. The maximum Gasteiger partial charge on any atom is 0.355 e. The average Bonchev–Trinajstić information content (AvgIpc) is 2.84. The third-order valence-electron chi connectivity index (χ3n) is 3.81. The van der Waals surface area contributed by atoms with Gasteiger partial charge in [0.25, 0.3) is 11.8 Å². The Morgan fingerprint density at radius 2 is 1.80 bits per heavy atom. The summed E-state index contributed by atoms with van der Waals surface area (Å²) in [4.78, 5) is 54.5. The molecule has 0 radical (unpaired) electrons. The van der Waals surface area contributed by atoms with Gasteiger partial charge < -0.3 is 10.2 Å². The van der Waals surface area contributed by atoms with Crippen LogP contribution in [0.2, 0.25) is 0 Å². The van der Waals surface area contributed by atoms with Crippen molar-refractivity contribution in [1.29, 1.82) is 0 Å². The van der Waals surface area contributed by atoms with Crippen LogP contribution in [0.15, 0.2) is 0 Å². The second kappa shape index (κ2) is 8.94. The molecule has 25 heavy (non-hydrogen) atoms. The zero-order valence-electron chi connectivity index (χ0n) is 18.4. The lowest BCUT2D eigenvalue weighted by Crippen LogP contribution is -2.53. The lowest BCUT2D eigenvalue weighted by molar-refractivity contribution is -0.199. The molecule has 1 rings (SSSR count). The number of nitrogens with zero attached hydrogens (tertiary/aromatic N) is 2. The Kier molecular flexibility index (Phi) is 5.90. The van der Waals surface area contributed by atoms with Gasteiger partial charge in [-0.25, -0.2) is 4.79 Å². The quantitative estimate of drug-likeness (QED) is 0.642. The number of nitrogens with one attached hydrogen (secondary N) is 1. The molecule has 2 unspecified atom stereocenters. The van der Waals surface area contributed by atoms with E-state index >= 15 is 0 Å². The first kappa shape index (κ1) is 16.5. The van der Waals surface area contributed by atoms with Crippen LogP contribution in [0.1, 0.15) is 51.1 Å². The van der Waals surface area contributed by atoms with E-state index in [9.17, 15) is 19.2 Å². The molecular weight excluding hydrogens is 326 g/mol. The summed E-state index contributed by atoms with van der Waals surface area (Å²) in [5, 5.41) is 2.96. The van der Waals surface area contributed by atoms with Gasteiger partial charge in [-0.2, -0.15) is 0 Å². The standard InChI is InChI=1S/C17H29N3O5/c1-10(2)9-12(18-16(23)15(11(3)4)19(5)6)17(24)25-20-13(21)7-8-14(20)22/h10-12,15H,7-9H2,1-6H3,(H,18,23)/i5D3. The number of rotatable bonds is 8. The molecule has 0 aromatic rings. The van der Waals surface area contributed by atoms with Crippen LogP contribution >= 0.6 is 0 Å². The molecule has 0 aromatic heterocycles. The number of carbonyl (C=O) groups excluding carboxylic acids is 4. The summed E-state index contributed by atoms with van der Waals surface area (Å²) in [6.45, 7) is 4.56. The molecule has 1 N–H and O–H groups in total. The molecule has 3 amide bonds. The molecule has 1 aliphatic rings. The van der Waals surface area contributed by atoms with Gasteiger partial charge in [0.05, 0.1) is 6.04 Å². The van der Waals surface area contributed by atoms with Crippen LogP contribution in [0.5, 0.6) is 0 Å². The van der Waals surface area contributed by atoms with E-state index in [2.05, 4.69) is 5.32 Å². The van der Waals surface area contributed by atoms with Gasteiger partial charge in [0.15, 0.2) is 0 Å². The molecule has 0 spiro atoms. The summed E-state index contributed by atoms with van der Waals surface area (Å²) in [6.07, 6.45) is 0.126.